The summed E-state index contributed by atoms with van der Waals surface area (Å²) in [5.41, 5.74) is 3.03. The molecule has 3 rings (SSSR count). The number of anilines is 1. The van der Waals surface area contributed by atoms with Crippen LogP contribution in [0.3, 0.4) is 0 Å². The van der Waals surface area contributed by atoms with E-state index in [4.69, 9.17) is 34.8 Å². The molecule has 0 spiro atoms. The zero-order valence-corrected chi connectivity index (χ0v) is 16.6. The highest BCUT2D eigenvalue weighted by atomic mass is 35.5. The molecule has 2 aromatic carbocycles. The van der Waals surface area contributed by atoms with E-state index in [0.717, 1.165) is 19.5 Å². The molecular weight excluding hydrogens is 391 g/mol. The van der Waals surface area contributed by atoms with Crippen LogP contribution in [-0.4, -0.2) is 29.9 Å². The van der Waals surface area contributed by atoms with E-state index in [9.17, 15) is 4.79 Å². The monoisotopic (exact) mass is 408 g/mol. The van der Waals surface area contributed by atoms with Crippen LogP contribution in [0.15, 0.2) is 48.5 Å². The van der Waals surface area contributed by atoms with E-state index >= 15 is 0 Å². The number of carbonyl (C=O) groups excluding carboxylic acids is 1. The Morgan fingerprint density at radius 1 is 1.08 bits per heavy atom. The predicted octanol–water partition coefficient (Wildman–Crippen LogP) is 5.76. The second-order valence-corrected chi connectivity index (χ2v) is 7.47. The first-order valence-corrected chi connectivity index (χ1v) is 9.53. The Labute approximate surface area is 168 Å². The molecule has 1 N–H and O–H groups in total. The van der Waals surface area contributed by atoms with Gasteiger partial charge in [-0.05, 0) is 36.6 Å². The van der Waals surface area contributed by atoms with Crippen molar-refractivity contribution in [3.05, 3.63) is 69.2 Å². The van der Waals surface area contributed by atoms with Gasteiger partial charge in [0.2, 0.25) is 5.91 Å². The lowest BCUT2D eigenvalue weighted by molar-refractivity contribution is -0.120. The number of carbonyl (C=O) groups is 1. The quantitative estimate of drug-likeness (QED) is 0.651. The van der Waals surface area contributed by atoms with Gasteiger partial charge in [0, 0.05) is 13.1 Å². The van der Waals surface area contributed by atoms with E-state index in [1.807, 2.05) is 25.1 Å². The van der Waals surface area contributed by atoms with Gasteiger partial charge in [-0.25, -0.2) is 0 Å². The van der Waals surface area contributed by atoms with Crippen molar-refractivity contribution in [1.82, 2.24) is 4.90 Å². The van der Waals surface area contributed by atoms with Crippen LogP contribution < -0.4 is 5.32 Å². The summed E-state index contributed by atoms with van der Waals surface area (Å²) in [5, 5.41) is 3.92. The number of amides is 1. The van der Waals surface area contributed by atoms with Crippen LogP contribution in [0, 0.1) is 0 Å². The van der Waals surface area contributed by atoms with Crippen molar-refractivity contribution in [1.29, 1.82) is 0 Å². The summed E-state index contributed by atoms with van der Waals surface area (Å²) in [6, 6.07) is 13.1. The number of nitrogens with one attached hydrogen (secondary N) is 1. The van der Waals surface area contributed by atoms with Gasteiger partial charge in [0.1, 0.15) is 0 Å². The van der Waals surface area contributed by atoms with E-state index in [0.29, 0.717) is 20.8 Å². The number of halogens is 3. The molecule has 1 aliphatic heterocycles. The fourth-order valence-electron chi connectivity index (χ4n) is 2.97. The Bertz CT molecular complexity index is 836. The van der Waals surface area contributed by atoms with Gasteiger partial charge in [0.05, 0.1) is 26.8 Å². The fraction of sp³-hybridized carbons (Fsp3) is 0.250. The summed E-state index contributed by atoms with van der Waals surface area (Å²) in [7, 11) is 0. The van der Waals surface area contributed by atoms with E-state index in [1.165, 1.54) is 17.2 Å². The van der Waals surface area contributed by atoms with Gasteiger partial charge in [-0.3, -0.25) is 9.69 Å². The van der Waals surface area contributed by atoms with Gasteiger partial charge < -0.3 is 5.32 Å². The maximum atomic E-state index is 12.6. The summed E-state index contributed by atoms with van der Waals surface area (Å²) >= 11 is 18.1. The van der Waals surface area contributed by atoms with Crippen molar-refractivity contribution in [3.8, 4) is 0 Å². The van der Waals surface area contributed by atoms with E-state index in [2.05, 4.69) is 28.4 Å². The smallest absolute Gasteiger partial charge is 0.241 e. The molecule has 0 fully saturated rings. The van der Waals surface area contributed by atoms with Crippen LogP contribution in [0.4, 0.5) is 5.69 Å². The third-order valence-corrected chi connectivity index (χ3v) is 5.61. The first kappa shape index (κ1) is 19.2. The van der Waals surface area contributed by atoms with Crippen molar-refractivity contribution in [2.45, 2.75) is 19.4 Å². The second-order valence-electron chi connectivity index (χ2n) is 6.25. The van der Waals surface area contributed by atoms with Crippen LogP contribution in [0.1, 0.15) is 18.9 Å². The first-order valence-electron chi connectivity index (χ1n) is 8.39. The molecule has 2 aromatic rings. The number of hydrogen-bond acceptors (Lipinski definition) is 2. The standard InChI is InChI=1S/C20H19Cl3N2O/c1-13(20(26)24-19-12-17(22)16(21)11-18(19)23)25-9-7-15(8-10-25)14-5-3-2-4-6-14/h2-7,11-13H,8-10H2,1H3,(H,24,26). The number of benzene rings is 2. The van der Waals surface area contributed by atoms with E-state index < -0.39 is 0 Å². The van der Waals surface area contributed by atoms with Gasteiger partial charge in [-0.2, -0.15) is 0 Å². The summed E-state index contributed by atoms with van der Waals surface area (Å²) in [4.78, 5) is 14.7. The SMILES string of the molecule is CC(C(=O)Nc1cc(Cl)c(Cl)cc1Cl)N1CC=C(c2ccccc2)CC1. The molecule has 0 aromatic heterocycles. The number of hydrogen-bond donors (Lipinski definition) is 1. The molecule has 1 aliphatic rings. The van der Waals surface area contributed by atoms with Crippen LogP contribution in [0.5, 0.6) is 0 Å². The summed E-state index contributed by atoms with van der Waals surface area (Å²) in [6.07, 6.45) is 3.10. The molecule has 1 unspecified atom stereocenters. The highest BCUT2D eigenvalue weighted by Crippen LogP contribution is 2.32. The molecule has 0 bridgehead atoms. The molecule has 0 aliphatic carbocycles. The predicted molar refractivity (Wildman–Crippen MR) is 110 cm³/mol. The Hall–Kier alpha value is -1.52. The third kappa shape index (κ3) is 4.41. The van der Waals surface area contributed by atoms with Crippen LogP contribution in [0.2, 0.25) is 15.1 Å². The van der Waals surface area contributed by atoms with Gasteiger partial charge in [-0.1, -0.05) is 71.2 Å². The average molecular weight is 410 g/mol. The summed E-state index contributed by atoms with van der Waals surface area (Å²) in [5.74, 6) is -0.123. The molecular formula is C20H19Cl3N2O. The number of nitrogens with zero attached hydrogens (tertiary/aromatic N) is 1. The second kappa shape index (κ2) is 8.45. The Kier molecular flexibility index (Phi) is 6.25. The van der Waals surface area contributed by atoms with Crippen molar-refractivity contribution in [2.75, 3.05) is 18.4 Å². The lowest BCUT2D eigenvalue weighted by atomic mass is 9.99. The van der Waals surface area contributed by atoms with Crippen molar-refractivity contribution >= 4 is 52.0 Å². The van der Waals surface area contributed by atoms with Gasteiger partial charge in [-0.15, -0.1) is 0 Å². The van der Waals surface area contributed by atoms with Gasteiger partial charge >= 0.3 is 0 Å². The lowest BCUT2D eigenvalue weighted by Gasteiger charge is -2.31. The normalized spacial score (nSPS) is 16.1. The minimum atomic E-state index is -0.283. The van der Waals surface area contributed by atoms with Crippen molar-refractivity contribution in [3.63, 3.8) is 0 Å². The molecule has 3 nitrogen and oxygen atoms in total. The van der Waals surface area contributed by atoms with Crippen molar-refractivity contribution in [2.24, 2.45) is 0 Å². The minimum Gasteiger partial charge on any atom is -0.323 e. The lowest BCUT2D eigenvalue weighted by Crippen LogP contribution is -2.44. The highest BCUT2D eigenvalue weighted by molar-refractivity contribution is 6.44. The Morgan fingerprint density at radius 2 is 1.77 bits per heavy atom. The molecule has 1 atom stereocenters. The zero-order valence-electron chi connectivity index (χ0n) is 14.3. The maximum Gasteiger partial charge on any atom is 0.241 e. The molecule has 0 saturated heterocycles. The van der Waals surface area contributed by atoms with Crippen LogP contribution >= 0.6 is 34.8 Å². The molecule has 0 saturated carbocycles. The van der Waals surface area contributed by atoms with Crippen molar-refractivity contribution < 1.29 is 4.79 Å². The van der Waals surface area contributed by atoms with Gasteiger partial charge in [0.15, 0.2) is 0 Å². The maximum absolute atomic E-state index is 12.6. The highest BCUT2D eigenvalue weighted by Gasteiger charge is 2.24. The fourth-order valence-corrected chi connectivity index (χ4v) is 3.57. The zero-order chi connectivity index (χ0) is 18.7. The third-order valence-electron chi connectivity index (χ3n) is 4.58. The molecule has 26 heavy (non-hydrogen) atoms. The number of rotatable bonds is 4. The van der Waals surface area contributed by atoms with Crippen LogP contribution in [0.25, 0.3) is 5.57 Å². The van der Waals surface area contributed by atoms with Gasteiger partial charge in [0.25, 0.3) is 0 Å². The largest absolute Gasteiger partial charge is 0.323 e. The topological polar surface area (TPSA) is 32.3 Å². The molecule has 1 heterocycles. The molecule has 136 valence electrons. The average Bonchev–Trinajstić information content (AvgIpc) is 2.66. The van der Waals surface area contributed by atoms with Crippen LogP contribution in [-0.2, 0) is 4.79 Å². The summed E-state index contributed by atoms with van der Waals surface area (Å²) < 4.78 is 0. The Morgan fingerprint density at radius 3 is 2.42 bits per heavy atom. The van der Waals surface area contributed by atoms with E-state index in [-0.39, 0.29) is 11.9 Å². The molecule has 0 radical (unpaired) electrons. The summed E-state index contributed by atoms with van der Waals surface area (Å²) in [6.45, 7) is 3.44. The minimum absolute atomic E-state index is 0.123. The Balaban J connectivity index is 1.65. The molecule has 1 amide bonds. The van der Waals surface area contributed by atoms with E-state index in [1.54, 1.807) is 6.07 Å². The first-order chi connectivity index (χ1) is 12.5. The molecule has 6 heteroatoms.